The van der Waals surface area contributed by atoms with Crippen LogP contribution in [-0.4, -0.2) is 27.4 Å². The smallest absolute Gasteiger partial charge is 0.224 e. The molecule has 0 saturated carbocycles. The van der Waals surface area contributed by atoms with E-state index in [9.17, 15) is 23.5 Å². The van der Waals surface area contributed by atoms with E-state index in [1.807, 2.05) is 0 Å². The molecule has 3 rings (SSSR count). The SMILES string of the molecule is CC(=O)N(C1=CCC(C)(F)C=C1)[C@@H](CCCC(=O)c1ccc(F)cc1)c1ccc(O)cc1. The number of phenolic OH excluding ortho intramolecular Hbond substituents is 1. The van der Waals surface area contributed by atoms with Gasteiger partial charge in [-0.15, -0.1) is 0 Å². The van der Waals surface area contributed by atoms with Crippen molar-refractivity contribution < 1.29 is 23.5 Å². The van der Waals surface area contributed by atoms with Crippen LogP contribution in [0.5, 0.6) is 5.75 Å². The summed E-state index contributed by atoms with van der Waals surface area (Å²) >= 11 is 0. The summed E-state index contributed by atoms with van der Waals surface area (Å²) in [5.74, 6) is -0.595. The van der Waals surface area contributed by atoms with Crippen molar-refractivity contribution in [2.45, 2.75) is 51.2 Å². The largest absolute Gasteiger partial charge is 0.508 e. The molecule has 0 spiro atoms. The summed E-state index contributed by atoms with van der Waals surface area (Å²) in [5.41, 5.74) is 0.392. The van der Waals surface area contributed by atoms with Gasteiger partial charge in [0.2, 0.25) is 5.91 Å². The molecule has 2 aromatic carbocycles. The molecule has 0 radical (unpaired) electrons. The summed E-state index contributed by atoms with van der Waals surface area (Å²) in [6, 6.07) is 11.6. The molecule has 0 aromatic heterocycles. The molecule has 0 bridgehead atoms. The lowest BCUT2D eigenvalue weighted by Gasteiger charge is -2.34. The van der Waals surface area contributed by atoms with E-state index in [1.54, 1.807) is 41.3 Å². The van der Waals surface area contributed by atoms with Crippen LogP contribution in [0.3, 0.4) is 0 Å². The number of carbonyl (C=O) groups is 2. The van der Waals surface area contributed by atoms with Gasteiger partial charge in [-0.05, 0) is 73.9 Å². The zero-order valence-electron chi connectivity index (χ0n) is 18.2. The van der Waals surface area contributed by atoms with Crippen molar-refractivity contribution in [3.8, 4) is 5.75 Å². The summed E-state index contributed by atoms with van der Waals surface area (Å²) in [5, 5.41) is 9.67. The van der Waals surface area contributed by atoms with Crippen LogP contribution >= 0.6 is 0 Å². The molecule has 1 N–H and O–H groups in total. The van der Waals surface area contributed by atoms with Gasteiger partial charge in [0.25, 0.3) is 0 Å². The molecule has 168 valence electrons. The van der Waals surface area contributed by atoms with Crippen molar-refractivity contribution in [1.29, 1.82) is 0 Å². The summed E-state index contributed by atoms with van der Waals surface area (Å²) in [7, 11) is 0. The van der Waals surface area contributed by atoms with Gasteiger partial charge in [0.05, 0.1) is 6.04 Å². The highest BCUT2D eigenvalue weighted by molar-refractivity contribution is 5.95. The molecule has 4 nitrogen and oxygen atoms in total. The number of aromatic hydroxyl groups is 1. The highest BCUT2D eigenvalue weighted by Crippen LogP contribution is 2.34. The van der Waals surface area contributed by atoms with Crippen molar-refractivity contribution >= 4 is 11.7 Å². The van der Waals surface area contributed by atoms with Crippen LogP contribution in [0.15, 0.2) is 72.5 Å². The number of nitrogens with zero attached hydrogens (tertiary/aromatic N) is 1. The highest BCUT2D eigenvalue weighted by atomic mass is 19.1. The van der Waals surface area contributed by atoms with E-state index in [4.69, 9.17) is 0 Å². The van der Waals surface area contributed by atoms with E-state index in [0.717, 1.165) is 5.56 Å². The van der Waals surface area contributed by atoms with Crippen molar-refractivity contribution in [2.75, 3.05) is 0 Å². The third-order valence-corrected chi connectivity index (χ3v) is 5.57. The number of phenols is 1. The number of carbonyl (C=O) groups excluding carboxylic acids is 2. The maximum Gasteiger partial charge on any atom is 0.224 e. The number of ketones is 1. The number of amides is 1. The zero-order chi connectivity index (χ0) is 23.3. The summed E-state index contributed by atoms with van der Waals surface area (Å²) in [4.78, 5) is 26.7. The molecule has 0 heterocycles. The summed E-state index contributed by atoms with van der Waals surface area (Å²) in [6.07, 6.45) is 6.14. The van der Waals surface area contributed by atoms with Crippen LogP contribution < -0.4 is 0 Å². The minimum atomic E-state index is -1.46. The molecule has 0 aliphatic heterocycles. The second-order valence-corrected chi connectivity index (χ2v) is 8.26. The third kappa shape index (κ3) is 5.90. The molecule has 1 amide bonds. The second-order valence-electron chi connectivity index (χ2n) is 8.26. The number of Topliss-reactive ketones (excluding diaryl/α,β-unsaturated/α-hetero) is 1. The average Bonchev–Trinajstić information content (AvgIpc) is 2.75. The van der Waals surface area contributed by atoms with Crippen LogP contribution in [0.2, 0.25) is 0 Å². The minimum absolute atomic E-state index is 0.103. The quantitative estimate of drug-likeness (QED) is 0.510. The molecule has 1 unspecified atom stereocenters. The fraction of sp³-hybridized carbons (Fsp3) is 0.308. The van der Waals surface area contributed by atoms with Crippen molar-refractivity contribution in [1.82, 2.24) is 4.90 Å². The number of allylic oxidation sites excluding steroid dienone is 3. The Morgan fingerprint density at radius 2 is 1.78 bits per heavy atom. The molecule has 2 atom stereocenters. The Hall–Kier alpha value is -3.28. The van der Waals surface area contributed by atoms with Crippen LogP contribution in [0, 0.1) is 5.82 Å². The number of halogens is 2. The predicted octanol–water partition coefficient (Wildman–Crippen LogP) is 6.05. The van der Waals surface area contributed by atoms with Gasteiger partial charge in [-0.3, -0.25) is 9.59 Å². The van der Waals surface area contributed by atoms with E-state index >= 15 is 0 Å². The lowest BCUT2D eigenvalue weighted by Crippen LogP contribution is -2.33. The maximum absolute atomic E-state index is 14.2. The number of rotatable bonds is 8. The lowest BCUT2D eigenvalue weighted by molar-refractivity contribution is -0.129. The molecule has 0 saturated heterocycles. The first-order valence-corrected chi connectivity index (χ1v) is 10.6. The fourth-order valence-electron chi connectivity index (χ4n) is 3.84. The van der Waals surface area contributed by atoms with E-state index in [-0.39, 0.29) is 30.3 Å². The van der Waals surface area contributed by atoms with Crippen molar-refractivity contribution in [3.05, 3.63) is 89.4 Å². The van der Waals surface area contributed by atoms with Gasteiger partial charge in [0.1, 0.15) is 17.2 Å². The van der Waals surface area contributed by atoms with Gasteiger partial charge >= 0.3 is 0 Å². The van der Waals surface area contributed by atoms with E-state index in [2.05, 4.69) is 0 Å². The van der Waals surface area contributed by atoms with Gasteiger partial charge < -0.3 is 10.0 Å². The van der Waals surface area contributed by atoms with E-state index in [1.165, 1.54) is 44.2 Å². The van der Waals surface area contributed by atoms with Crippen molar-refractivity contribution in [2.24, 2.45) is 0 Å². The Balaban J connectivity index is 1.81. The first-order chi connectivity index (χ1) is 15.2. The molecule has 1 aliphatic carbocycles. The Labute approximate surface area is 186 Å². The fourth-order valence-corrected chi connectivity index (χ4v) is 3.84. The minimum Gasteiger partial charge on any atom is -0.508 e. The number of benzene rings is 2. The lowest BCUT2D eigenvalue weighted by atomic mass is 9.93. The van der Waals surface area contributed by atoms with Crippen molar-refractivity contribution in [3.63, 3.8) is 0 Å². The zero-order valence-corrected chi connectivity index (χ0v) is 18.2. The summed E-state index contributed by atoms with van der Waals surface area (Å²) < 4.78 is 27.3. The van der Waals surface area contributed by atoms with Crippen LogP contribution in [0.4, 0.5) is 8.78 Å². The second kappa shape index (κ2) is 9.90. The van der Waals surface area contributed by atoms with E-state index < -0.39 is 17.5 Å². The van der Waals surface area contributed by atoms with Gasteiger partial charge in [0, 0.05) is 31.0 Å². The van der Waals surface area contributed by atoms with Gasteiger partial charge in [-0.2, -0.15) is 0 Å². The Morgan fingerprint density at radius 3 is 2.34 bits per heavy atom. The first-order valence-electron chi connectivity index (χ1n) is 10.6. The molecule has 2 aromatic rings. The standard InChI is InChI=1S/C26H27F2NO3/c1-18(30)29(22-14-16-26(2,28)17-15-22)24(19-8-12-23(31)13-9-19)4-3-5-25(32)20-6-10-21(27)11-7-20/h6-16,24,31H,3-5,17H2,1-2H3/t24-,26?/m0/s1. The number of alkyl halides is 1. The van der Waals surface area contributed by atoms with Crippen LogP contribution in [0.25, 0.3) is 0 Å². The van der Waals surface area contributed by atoms with Gasteiger partial charge in [-0.1, -0.05) is 18.2 Å². The molecule has 1 aliphatic rings. The number of hydrogen-bond acceptors (Lipinski definition) is 3. The Kier molecular flexibility index (Phi) is 7.23. The molecule has 0 fully saturated rings. The first kappa shape index (κ1) is 23.4. The van der Waals surface area contributed by atoms with E-state index in [0.29, 0.717) is 24.1 Å². The normalized spacial score (nSPS) is 18.7. The molecule has 32 heavy (non-hydrogen) atoms. The topological polar surface area (TPSA) is 57.6 Å². The van der Waals surface area contributed by atoms with Crippen LogP contribution in [0.1, 0.15) is 61.5 Å². The number of hydrogen-bond donors (Lipinski definition) is 1. The highest BCUT2D eigenvalue weighted by Gasteiger charge is 2.29. The third-order valence-electron chi connectivity index (χ3n) is 5.57. The van der Waals surface area contributed by atoms with Gasteiger partial charge in [-0.25, -0.2) is 8.78 Å². The molecular weight excluding hydrogens is 412 g/mol. The van der Waals surface area contributed by atoms with Gasteiger partial charge in [0.15, 0.2) is 5.78 Å². The maximum atomic E-state index is 14.2. The van der Waals surface area contributed by atoms with Crippen LogP contribution in [-0.2, 0) is 4.79 Å². The predicted molar refractivity (Wildman–Crippen MR) is 119 cm³/mol. The molecular formula is C26H27F2NO3. The average molecular weight is 440 g/mol. The summed E-state index contributed by atoms with van der Waals surface area (Å²) in [6.45, 7) is 2.93. The Bertz CT molecular complexity index is 1020. The molecule has 6 heteroatoms. The monoisotopic (exact) mass is 439 g/mol. The Morgan fingerprint density at radius 1 is 1.12 bits per heavy atom.